The molecule has 18 heavy (non-hydrogen) atoms. The third kappa shape index (κ3) is 2.67. The first kappa shape index (κ1) is 16.2. The molecule has 1 rings (SSSR count). The van der Waals surface area contributed by atoms with Crippen LogP contribution < -0.4 is 0 Å². The monoisotopic (exact) mass is 291 g/mol. The van der Waals surface area contributed by atoms with Crippen molar-refractivity contribution in [2.24, 2.45) is 0 Å². The van der Waals surface area contributed by atoms with Gasteiger partial charge in [-0.15, -0.1) is 0 Å². The molecule has 0 amide bonds. The molecule has 0 aliphatic heterocycles. The molecule has 1 aliphatic rings. The van der Waals surface area contributed by atoms with Gasteiger partial charge in [0.1, 0.15) is 0 Å². The van der Waals surface area contributed by atoms with Crippen LogP contribution in [0.4, 0.5) is 0 Å². The molecule has 2 nitrogen and oxygen atoms in total. The fraction of sp³-hybridized carbons (Fsp3) is 0.733. The van der Waals surface area contributed by atoms with E-state index in [4.69, 9.17) is 9.47 Å². The summed E-state index contributed by atoms with van der Waals surface area (Å²) in [6.45, 7) is 5.46. The molecule has 0 N–H and O–H groups in total. The van der Waals surface area contributed by atoms with E-state index in [0.29, 0.717) is 17.4 Å². The van der Waals surface area contributed by atoms with E-state index >= 15 is 0 Å². The molecule has 0 atom stereocenters. The summed E-state index contributed by atoms with van der Waals surface area (Å²) in [6, 6.07) is 0. The first-order valence-electron chi connectivity index (χ1n) is 7.21. The molecule has 1 aliphatic carbocycles. The van der Waals surface area contributed by atoms with Gasteiger partial charge in [-0.05, 0) is 0 Å². The van der Waals surface area contributed by atoms with E-state index in [-0.39, 0.29) is 4.59 Å². The second kappa shape index (κ2) is 3.60. The van der Waals surface area contributed by atoms with E-state index in [0.717, 1.165) is 0 Å². The van der Waals surface area contributed by atoms with Crippen molar-refractivity contribution in [2.45, 2.75) is 48.8 Å². The van der Waals surface area contributed by atoms with E-state index in [1.54, 1.807) is 0 Å². The summed E-state index contributed by atoms with van der Waals surface area (Å²) in [5.41, 5.74) is 0. The fourth-order valence-corrected chi connectivity index (χ4v) is 10.6. The van der Waals surface area contributed by atoms with Crippen LogP contribution >= 0.6 is 0 Å². The van der Waals surface area contributed by atoms with Crippen molar-refractivity contribution in [3.05, 3.63) is 24.3 Å². The van der Waals surface area contributed by atoms with Gasteiger partial charge in [-0.3, -0.25) is 0 Å². The maximum absolute atomic E-state index is 6.06. The van der Waals surface area contributed by atoms with Gasteiger partial charge < -0.3 is 0 Å². The molecule has 0 saturated carbocycles. The Morgan fingerprint density at radius 3 is 1.61 bits per heavy atom. The average molecular weight is 291 g/mol. The number of allylic oxidation sites excluding steroid dienone is 4. The Kier molecular flexibility index (Phi) is 3.24. The Morgan fingerprint density at radius 1 is 0.889 bits per heavy atom. The van der Waals surface area contributed by atoms with E-state index < -0.39 is 12.7 Å². The normalized spacial score (nSPS) is 22.8. The molecule has 0 spiro atoms. The van der Waals surface area contributed by atoms with Gasteiger partial charge in [0.25, 0.3) is 0 Å². The van der Waals surface area contributed by atoms with Gasteiger partial charge in [-0.25, -0.2) is 0 Å². The van der Waals surface area contributed by atoms with Gasteiger partial charge >= 0.3 is 109 Å². The summed E-state index contributed by atoms with van der Waals surface area (Å²) in [6.07, 6.45) is 8.90. The summed E-state index contributed by atoms with van der Waals surface area (Å²) in [4.78, 5) is 0. The zero-order valence-electron chi connectivity index (χ0n) is 13.2. The van der Waals surface area contributed by atoms with E-state index in [2.05, 4.69) is 50.4 Å². The first-order chi connectivity index (χ1) is 7.87. The van der Waals surface area contributed by atoms with E-state index in [1.807, 2.05) is 13.8 Å². The third-order valence-corrected chi connectivity index (χ3v) is 15.6. The Labute approximate surface area is 108 Å². The topological polar surface area (TPSA) is 18.5 Å². The van der Waals surface area contributed by atoms with E-state index in [9.17, 15) is 0 Å². The van der Waals surface area contributed by atoms with Crippen molar-refractivity contribution in [3.8, 4) is 0 Å². The summed E-state index contributed by atoms with van der Waals surface area (Å²) in [5, 5.41) is 12.1. The number of hydrogen-bond acceptors (Lipinski definition) is 2. The van der Waals surface area contributed by atoms with Gasteiger partial charge in [0.2, 0.25) is 0 Å². The molecule has 0 aromatic rings. The summed E-state index contributed by atoms with van der Waals surface area (Å²) in [7, 11) is 0. The summed E-state index contributed by atoms with van der Waals surface area (Å²) >= 11 is -3.98. The zero-order chi connectivity index (χ0) is 14.2. The molecule has 0 bridgehead atoms. The van der Waals surface area contributed by atoms with Crippen LogP contribution in [0.25, 0.3) is 0 Å². The van der Waals surface area contributed by atoms with Crippen LogP contribution in [0.2, 0.25) is 30.4 Å². The van der Waals surface area contributed by atoms with Gasteiger partial charge in [0.15, 0.2) is 0 Å². The number of hydrogen-bond donors (Lipinski definition) is 0. The van der Waals surface area contributed by atoms with Gasteiger partial charge in [0.05, 0.1) is 0 Å². The minimum atomic E-state index is -3.98. The molecular weight excluding hydrogens is 260 g/mol. The van der Waals surface area contributed by atoms with Crippen molar-refractivity contribution in [3.63, 3.8) is 0 Å². The van der Waals surface area contributed by atoms with Crippen molar-refractivity contribution < 1.29 is 22.2 Å². The van der Waals surface area contributed by atoms with Crippen molar-refractivity contribution in [1.82, 2.24) is 0 Å². The van der Waals surface area contributed by atoms with Crippen LogP contribution in [0.3, 0.4) is 0 Å². The first-order valence-corrected chi connectivity index (χ1v) is 16.8. The van der Waals surface area contributed by atoms with Gasteiger partial charge in [0, 0.05) is 0 Å². The average Bonchev–Trinajstić information content (AvgIpc) is 2.69. The second-order valence-electron chi connectivity index (χ2n) is 10.6. The van der Waals surface area contributed by atoms with Crippen LogP contribution in [0.5, 0.6) is 0 Å². The Bertz CT molecular complexity index is 371. The Morgan fingerprint density at radius 2 is 1.28 bits per heavy atom. The number of rotatable bonds is 6. The zero-order valence-corrected chi connectivity index (χ0v) is 14.8. The fourth-order valence-electron chi connectivity index (χ4n) is 2.94. The van der Waals surface area contributed by atoms with Crippen LogP contribution in [-0.4, -0.2) is 17.8 Å². The van der Waals surface area contributed by atoms with E-state index in [1.165, 1.54) is 0 Å². The molecule has 0 aromatic carbocycles. The molecule has 0 heterocycles. The Hall–Kier alpha value is 0.114. The SMILES string of the molecule is CCO[CH](OCC)[Ti]([CH3])([CH3])([CH3])([CH3])([CH3])[CH]1C=CC=C1. The standard InChI is InChI=1S/C5H11O2.C5H5.5CH3.Ti/c1-3-6-5-7-4-2;1-2-4-5-3-1;;;;;;/h5H,3-4H2,1-2H3;1-5H;5*1H3;. The number of ether oxygens (including phenoxy) is 2. The maximum atomic E-state index is 6.06. The molecule has 0 unspecified atom stereocenters. The van der Waals surface area contributed by atoms with Crippen molar-refractivity contribution in [2.75, 3.05) is 13.2 Å². The minimum absolute atomic E-state index is 0.116. The van der Waals surface area contributed by atoms with Gasteiger partial charge in [-0.1, -0.05) is 0 Å². The predicted octanol–water partition coefficient (Wildman–Crippen LogP) is 5.26. The molecule has 0 aromatic heterocycles. The molecule has 0 saturated heterocycles. The summed E-state index contributed by atoms with van der Waals surface area (Å²) < 4.78 is 12.4. The van der Waals surface area contributed by atoms with Crippen molar-refractivity contribution >= 4 is 0 Å². The van der Waals surface area contributed by atoms with Crippen LogP contribution in [0.15, 0.2) is 24.3 Å². The Balaban J connectivity index is 3.40. The van der Waals surface area contributed by atoms with Crippen LogP contribution in [0, 0.1) is 0 Å². The third-order valence-electron chi connectivity index (χ3n) is 4.56. The quantitative estimate of drug-likeness (QED) is 0.491. The van der Waals surface area contributed by atoms with Gasteiger partial charge in [-0.2, -0.15) is 0 Å². The second-order valence-corrected chi connectivity index (χ2v) is 37.5. The van der Waals surface area contributed by atoms with Crippen LogP contribution in [-0.2, 0) is 22.2 Å². The molecular formula is C15H31O2Ti. The molecule has 107 valence electrons. The molecule has 3 heteroatoms. The van der Waals surface area contributed by atoms with Crippen molar-refractivity contribution in [1.29, 1.82) is 0 Å². The molecule has 0 radical (unpaired) electrons. The predicted molar refractivity (Wildman–Crippen MR) is 78.4 cm³/mol. The molecule has 0 fully saturated rings. The summed E-state index contributed by atoms with van der Waals surface area (Å²) in [5.74, 6) is 0. The van der Waals surface area contributed by atoms with Crippen LogP contribution in [0.1, 0.15) is 13.8 Å².